The van der Waals surface area contributed by atoms with Crippen molar-refractivity contribution in [3.05, 3.63) is 17.3 Å². The highest BCUT2D eigenvalue weighted by Crippen LogP contribution is 2.40. The highest BCUT2D eigenvalue weighted by molar-refractivity contribution is 7.14. The monoisotopic (exact) mass is 345 g/mol. The second-order valence-corrected chi connectivity index (χ2v) is 7.90. The molecule has 4 rings (SSSR count). The van der Waals surface area contributed by atoms with Gasteiger partial charge in [-0.2, -0.15) is 4.98 Å². The molecule has 0 saturated heterocycles. The molecule has 0 atom stereocenters. The minimum Gasteiger partial charge on any atom is -0.333 e. The van der Waals surface area contributed by atoms with Crippen LogP contribution < -0.4 is 5.32 Å². The van der Waals surface area contributed by atoms with Gasteiger partial charge in [0.05, 0.1) is 5.69 Å². The molecule has 2 aromatic rings. The molecule has 2 aliphatic rings. The molecule has 6 heteroatoms. The molecule has 2 fully saturated rings. The maximum absolute atomic E-state index is 12.3. The normalized spacial score (nSPS) is 18.7. The molecule has 2 aliphatic carbocycles. The Hall–Kier alpha value is -1.69. The maximum Gasteiger partial charge on any atom is 0.270 e. The van der Waals surface area contributed by atoms with E-state index in [-0.39, 0.29) is 5.91 Å². The van der Waals surface area contributed by atoms with Crippen molar-refractivity contribution in [1.29, 1.82) is 0 Å². The lowest BCUT2D eigenvalue weighted by atomic mass is 9.86. The van der Waals surface area contributed by atoms with Gasteiger partial charge >= 0.3 is 0 Å². The lowest BCUT2D eigenvalue weighted by Gasteiger charge is -2.20. The highest BCUT2D eigenvalue weighted by Gasteiger charge is 2.29. The van der Waals surface area contributed by atoms with E-state index in [0.717, 1.165) is 41.6 Å². The Kier molecular flexibility index (Phi) is 4.65. The van der Waals surface area contributed by atoms with Crippen molar-refractivity contribution in [3.63, 3.8) is 0 Å². The summed E-state index contributed by atoms with van der Waals surface area (Å²) < 4.78 is 5.39. The van der Waals surface area contributed by atoms with Gasteiger partial charge in [-0.25, -0.2) is 0 Å². The lowest BCUT2D eigenvalue weighted by molar-refractivity contribution is -0.116. The fourth-order valence-corrected chi connectivity index (χ4v) is 4.20. The maximum atomic E-state index is 12.3. The number of aromatic nitrogens is 2. The van der Waals surface area contributed by atoms with Crippen LogP contribution >= 0.6 is 11.3 Å². The first-order chi connectivity index (χ1) is 11.8. The van der Waals surface area contributed by atoms with Crippen LogP contribution in [0.5, 0.6) is 0 Å². The van der Waals surface area contributed by atoms with Gasteiger partial charge in [-0.05, 0) is 36.6 Å². The minimum atomic E-state index is 0.0853. The molecular weight excluding hydrogens is 322 g/mol. The molecule has 0 bridgehead atoms. The van der Waals surface area contributed by atoms with E-state index < -0.39 is 0 Å². The van der Waals surface area contributed by atoms with Gasteiger partial charge in [0, 0.05) is 12.3 Å². The first-order valence-electron chi connectivity index (χ1n) is 9.01. The van der Waals surface area contributed by atoms with Gasteiger partial charge < -0.3 is 9.84 Å². The van der Waals surface area contributed by atoms with E-state index in [1.165, 1.54) is 43.4 Å². The molecule has 2 saturated carbocycles. The highest BCUT2D eigenvalue weighted by atomic mass is 32.1. The van der Waals surface area contributed by atoms with E-state index in [2.05, 4.69) is 15.5 Å². The van der Waals surface area contributed by atoms with Gasteiger partial charge in [0.25, 0.3) is 5.89 Å². The van der Waals surface area contributed by atoms with Gasteiger partial charge in [0.2, 0.25) is 5.91 Å². The van der Waals surface area contributed by atoms with Crippen LogP contribution in [0.2, 0.25) is 0 Å². The Morgan fingerprint density at radius 1 is 1.25 bits per heavy atom. The molecule has 0 radical (unpaired) electrons. The Morgan fingerprint density at radius 3 is 2.88 bits per heavy atom. The molecule has 5 nitrogen and oxygen atoms in total. The second-order valence-electron chi connectivity index (χ2n) is 6.99. The van der Waals surface area contributed by atoms with Crippen molar-refractivity contribution in [3.8, 4) is 10.8 Å². The van der Waals surface area contributed by atoms with Crippen LogP contribution in [-0.4, -0.2) is 16.0 Å². The summed E-state index contributed by atoms with van der Waals surface area (Å²) in [6.07, 6.45) is 10.4. The second kappa shape index (κ2) is 7.05. The average Bonchev–Trinajstić information content (AvgIpc) is 3.16. The molecule has 2 aromatic heterocycles. The molecule has 128 valence electrons. The summed E-state index contributed by atoms with van der Waals surface area (Å²) in [6.45, 7) is 0. The van der Waals surface area contributed by atoms with E-state index in [1.54, 1.807) is 0 Å². The molecule has 1 amide bonds. The molecular formula is C18H23N3O2S. The van der Waals surface area contributed by atoms with Crippen molar-refractivity contribution in [1.82, 2.24) is 10.1 Å². The SMILES string of the molecule is O=C(CCC1CCCCC1)Nc1ccsc1-c1nc(C2CC2)no1. The molecule has 1 N–H and O–H groups in total. The van der Waals surface area contributed by atoms with Crippen molar-refractivity contribution in [2.24, 2.45) is 5.92 Å². The number of nitrogens with zero attached hydrogens (tertiary/aromatic N) is 2. The Bertz CT molecular complexity index is 699. The first-order valence-corrected chi connectivity index (χ1v) is 9.89. The largest absolute Gasteiger partial charge is 0.333 e. The number of hydrogen-bond donors (Lipinski definition) is 1. The number of carbonyl (C=O) groups excluding carboxylic acids is 1. The minimum absolute atomic E-state index is 0.0853. The molecule has 0 aliphatic heterocycles. The number of anilines is 1. The zero-order chi connectivity index (χ0) is 16.4. The standard InChI is InChI=1S/C18H23N3O2S/c22-15(9-6-12-4-2-1-3-5-12)19-14-10-11-24-16(14)18-20-17(21-23-18)13-7-8-13/h10-13H,1-9H2,(H,19,22). The van der Waals surface area contributed by atoms with Crippen LogP contribution in [0.15, 0.2) is 16.0 Å². The van der Waals surface area contributed by atoms with Crippen LogP contribution in [0.3, 0.4) is 0 Å². The zero-order valence-electron chi connectivity index (χ0n) is 13.8. The number of amides is 1. The fraction of sp³-hybridized carbons (Fsp3) is 0.611. The van der Waals surface area contributed by atoms with Crippen LogP contribution in [0.1, 0.15) is 69.5 Å². The van der Waals surface area contributed by atoms with Gasteiger partial charge in [-0.1, -0.05) is 37.3 Å². The molecule has 0 aromatic carbocycles. The van der Waals surface area contributed by atoms with E-state index in [9.17, 15) is 4.79 Å². The fourth-order valence-electron chi connectivity index (χ4n) is 3.43. The van der Waals surface area contributed by atoms with Crippen molar-refractivity contribution < 1.29 is 9.32 Å². The quantitative estimate of drug-likeness (QED) is 0.802. The van der Waals surface area contributed by atoms with Crippen LogP contribution in [0.4, 0.5) is 5.69 Å². The van der Waals surface area contributed by atoms with Crippen LogP contribution in [-0.2, 0) is 4.79 Å². The van der Waals surface area contributed by atoms with Crippen molar-refractivity contribution >= 4 is 22.9 Å². The summed E-state index contributed by atoms with van der Waals surface area (Å²) in [5, 5.41) is 9.04. The molecule has 0 unspecified atom stereocenters. The summed E-state index contributed by atoms with van der Waals surface area (Å²) in [7, 11) is 0. The average molecular weight is 345 g/mol. The van der Waals surface area contributed by atoms with Crippen molar-refractivity contribution in [2.45, 2.75) is 63.7 Å². The summed E-state index contributed by atoms with van der Waals surface area (Å²) in [4.78, 5) is 17.6. The zero-order valence-corrected chi connectivity index (χ0v) is 14.6. The predicted octanol–water partition coefficient (Wildman–Crippen LogP) is 4.97. The third-order valence-corrected chi connectivity index (χ3v) is 5.92. The third-order valence-electron chi connectivity index (χ3n) is 5.02. The molecule has 2 heterocycles. The van der Waals surface area contributed by atoms with Gasteiger partial charge in [0.15, 0.2) is 5.82 Å². The van der Waals surface area contributed by atoms with E-state index in [1.807, 2.05) is 11.4 Å². The lowest BCUT2D eigenvalue weighted by Crippen LogP contribution is -2.14. The number of carbonyl (C=O) groups is 1. The van der Waals surface area contributed by atoms with Crippen LogP contribution in [0, 0.1) is 5.92 Å². The smallest absolute Gasteiger partial charge is 0.270 e. The summed E-state index contributed by atoms with van der Waals surface area (Å²) >= 11 is 1.53. The summed E-state index contributed by atoms with van der Waals surface area (Å²) in [6, 6.07) is 1.92. The molecule has 0 spiro atoms. The van der Waals surface area contributed by atoms with Crippen molar-refractivity contribution in [2.75, 3.05) is 5.32 Å². The number of rotatable bonds is 6. The van der Waals surface area contributed by atoms with Gasteiger partial charge in [0.1, 0.15) is 4.88 Å². The van der Waals surface area contributed by atoms with Gasteiger partial charge in [-0.3, -0.25) is 4.79 Å². The number of hydrogen-bond acceptors (Lipinski definition) is 5. The van der Waals surface area contributed by atoms with E-state index >= 15 is 0 Å². The molecule has 24 heavy (non-hydrogen) atoms. The Balaban J connectivity index is 1.36. The van der Waals surface area contributed by atoms with E-state index in [0.29, 0.717) is 18.2 Å². The summed E-state index contributed by atoms with van der Waals surface area (Å²) in [5.74, 6) is 2.60. The Labute approximate surface area is 145 Å². The topological polar surface area (TPSA) is 68.0 Å². The number of thiophene rings is 1. The van der Waals surface area contributed by atoms with Crippen LogP contribution in [0.25, 0.3) is 10.8 Å². The predicted molar refractivity (Wildman–Crippen MR) is 94.0 cm³/mol. The first kappa shape index (κ1) is 15.8. The number of nitrogens with one attached hydrogen (secondary N) is 1. The van der Waals surface area contributed by atoms with Gasteiger partial charge in [-0.15, -0.1) is 11.3 Å². The van der Waals surface area contributed by atoms with E-state index in [4.69, 9.17) is 4.52 Å². The third kappa shape index (κ3) is 3.69. The Morgan fingerprint density at radius 2 is 2.08 bits per heavy atom. The summed E-state index contributed by atoms with van der Waals surface area (Å²) in [5.41, 5.74) is 0.791.